The highest BCUT2D eigenvalue weighted by Gasteiger charge is 2.01. The Balaban J connectivity index is 2.44. The number of nitrogens with zero attached hydrogens (tertiary/aromatic N) is 3. The van der Waals surface area contributed by atoms with E-state index in [-0.39, 0.29) is 0 Å². The summed E-state index contributed by atoms with van der Waals surface area (Å²) < 4.78 is 1.94. The third kappa shape index (κ3) is 1.52. The number of hydrogen-bond acceptors (Lipinski definition) is 3. The van der Waals surface area contributed by atoms with Crippen LogP contribution in [0.4, 0.5) is 0 Å². The molecule has 0 radical (unpaired) electrons. The van der Waals surface area contributed by atoms with Gasteiger partial charge in [0.05, 0.1) is 23.9 Å². The summed E-state index contributed by atoms with van der Waals surface area (Å²) in [6.45, 7) is 2.44. The Hall–Kier alpha value is -1.68. The zero-order valence-electron chi connectivity index (χ0n) is 8.01. The monoisotopic (exact) mass is 188 g/mol. The molecule has 0 spiro atoms. The van der Waals surface area contributed by atoms with Gasteiger partial charge in [-0.15, -0.1) is 0 Å². The SMILES string of the molecule is Cc1ccc(-n2cncc2CN)cn1. The van der Waals surface area contributed by atoms with Crippen LogP contribution < -0.4 is 5.73 Å². The van der Waals surface area contributed by atoms with Crippen LogP contribution in [-0.2, 0) is 6.54 Å². The van der Waals surface area contributed by atoms with E-state index in [1.165, 1.54) is 0 Å². The summed E-state index contributed by atoms with van der Waals surface area (Å²) in [4.78, 5) is 8.27. The van der Waals surface area contributed by atoms with Gasteiger partial charge >= 0.3 is 0 Å². The molecule has 2 N–H and O–H groups in total. The summed E-state index contributed by atoms with van der Waals surface area (Å²) in [5.74, 6) is 0. The second-order valence-electron chi connectivity index (χ2n) is 3.12. The summed E-state index contributed by atoms with van der Waals surface area (Å²) in [6.07, 6.45) is 5.32. The average Bonchev–Trinajstić information content (AvgIpc) is 2.67. The molecule has 72 valence electrons. The summed E-state index contributed by atoms with van der Waals surface area (Å²) in [5.41, 5.74) is 8.56. The van der Waals surface area contributed by atoms with Gasteiger partial charge in [0.15, 0.2) is 0 Å². The van der Waals surface area contributed by atoms with Crippen molar-refractivity contribution in [1.82, 2.24) is 14.5 Å². The smallest absolute Gasteiger partial charge is 0.0995 e. The first kappa shape index (κ1) is 8.90. The maximum atomic E-state index is 5.58. The van der Waals surface area contributed by atoms with Crippen molar-refractivity contribution in [2.24, 2.45) is 5.73 Å². The highest BCUT2D eigenvalue weighted by atomic mass is 15.1. The molecule has 2 rings (SSSR count). The molecule has 0 saturated carbocycles. The molecule has 0 amide bonds. The third-order valence-electron chi connectivity index (χ3n) is 2.10. The van der Waals surface area contributed by atoms with E-state index in [1.54, 1.807) is 12.5 Å². The molecule has 0 saturated heterocycles. The van der Waals surface area contributed by atoms with E-state index < -0.39 is 0 Å². The van der Waals surface area contributed by atoms with E-state index in [9.17, 15) is 0 Å². The Morgan fingerprint density at radius 1 is 1.36 bits per heavy atom. The number of aryl methyl sites for hydroxylation is 1. The molecule has 2 aromatic heterocycles. The highest BCUT2D eigenvalue weighted by Crippen LogP contribution is 2.09. The van der Waals surface area contributed by atoms with Gasteiger partial charge in [-0.1, -0.05) is 0 Å². The maximum Gasteiger partial charge on any atom is 0.0995 e. The number of nitrogens with two attached hydrogens (primary N) is 1. The van der Waals surface area contributed by atoms with E-state index in [1.807, 2.05) is 29.8 Å². The predicted octanol–water partition coefficient (Wildman–Crippen LogP) is 1.03. The molecule has 0 aliphatic carbocycles. The van der Waals surface area contributed by atoms with Crippen molar-refractivity contribution in [3.8, 4) is 5.69 Å². The topological polar surface area (TPSA) is 56.7 Å². The minimum atomic E-state index is 0.480. The van der Waals surface area contributed by atoms with Gasteiger partial charge < -0.3 is 10.3 Å². The van der Waals surface area contributed by atoms with Crippen LogP contribution in [0.5, 0.6) is 0 Å². The molecule has 14 heavy (non-hydrogen) atoms. The molecule has 0 aliphatic heterocycles. The second-order valence-corrected chi connectivity index (χ2v) is 3.12. The lowest BCUT2D eigenvalue weighted by Crippen LogP contribution is -2.04. The second kappa shape index (κ2) is 3.59. The third-order valence-corrected chi connectivity index (χ3v) is 2.10. The number of aromatic nitrogens is 3. The van der Waals surface area contributed by atoms with Crippen molar-refractivity contribution in [2.45, 2.75) is 13.5 Å². The Labute approximate surface area is 82.4 Å². The highest BCUT2D eigenvalue weighted by molar-refractivity contribution is 5.31. The van der Waals surface area contributed by atoms with E-state index in [2.05, 4.69) is 9.97 Å². The Kier molecular flexibility index (Phi) is 2.28. The quantitative estimate of drug-likeness (QED) is 0.766. The van der Waals surface area contributed by atoms with E-state index in [4.69, 9.17) is 5.73 Å². The zero-order chi connectivity index (χ0) is 9.97. The molecule has 4 nitrogen and oxygen atoms in total. The first-order chi connectivity index (χ1) is 6.81. The molecule has 0 bridgehead atoms. The standard InChI is InChI=1S/C10H12N4/c1-8-2-3-9(6-13-8)14-7-12-5-10(14)4-11/h2-3,5-7H,4,11H2,1H3. The number of rotatable bonds is 2. The predicted molar refractivity (Wildman–Crippen MR) is 54.0 cm³/mol. The first-order valence-corrected chi connectivity index (χ1v) is 4.45. The summed E-state index contributed by atoms with van der Waals surface area (Å²) >= 11 is 0. The molecule has 2 aromatic rings. The van der Waals surface area contributed by atoms with Crippen LogP contribution in [0, 0.1) is 6.92 Å². The number of pyridine rings is 1. The molecule has 0 aromatic carbocycles. The van der Waals surface area contributed by atoms with Crippen LogP contribution in [0.15, 0.2) is 30.9 Å². The normalized spacial score (nSPS) is 10.4. The minimum absolute atomic E-state index is 0.480. The van der Waals surface area contributed by atoms with Crippen LogP contribution in [-0.4, -0.2) is 14.5 Å². The van der Waals surface area contributed by atoms with Gasteiger partial charge in [-0.2, -0.15) is 0 Å². The van der Waals surface area contributed by atoms with Crippen molar-refractivity contribution in [3.05, 3.63) is 42.2 Å². The lowest BCUT2D eigenvalue weighted by molar-refractivity contribution is 0.903. The minimum Gasteiger partial charge on any atom is -0.325 e. The van der Waals surface area contributed by atoms with Gasteiger partial charge in [0.2, 0.25) is 0 Å². The van der Waals surface area contributed by atoms with Crippen LogP contribution in [0.3, 0.4) is 0 Å². The average molecular weight is 188 g/mol. The van der Waals surface area contributed by atoms with E-state index in [0.717, 1.165) is 17.1 Å². The van der Waals surface area contributed by atoms with Crippen LogP contribution >= 0.6 is 0 Å². The van der Waals surface area contributed by atoms with Crippen molar-refractivity contribution in [2.75, 3.05) is 0 Å². The van der Waals surface area contributed by atoms with Crippen molar-refractivity contribution >= 4 is 0 Å². The van der Waals surface area contributed by atoms with E-state index >= 15 is 0 Å². The molecule has 0 unspecified atom stereocenters. The largest absolute Gasteiger partial charge is 0.325 e. The van der Waals surface area contributed by atoms with Gasteiger partial charge in [0.25, 0.3) is 0 Å². The summed E-state index contributed by atoms with van der Waals surface area (Å²) in [6, 6.07) is 3.97. The van der Waals surface area contributed by atoms with Gasteiger partial charge in [0, 0.05) is 18.4 Å². The maximum absolute atomic E-state index is 5.58. The fourth-order valence-corrected chi connectivity index (χ4v) is 1.31. The fraction of sp³-hybridized carbons (Fsp3) is 0.200. The Morgan fingerprint density at radius 3 is 2.86 bits per heavy atom. The summed E-state index contributed by atoms with van der Waals surface area (Å²) in [5, 5.41) is 0. The summed E-state index contributed by atoms with van der Waals surface area (Å²) in [7, 11) is 0. The molecule has 0 aliphatic rings. The van der Waals surface area contributed by atoms with Crippen LogP contribution in [0.2, 0.25) is 0 Å². The Bertz CT molecular complexity index is 416. The molecule has 0 atom stereocenters. The van der Waals surface area contributed by atoms with Gasteiger partial charge in [0.1, 0.15) is 0 Å². The number of hydrogen-bond donors (Lipinski definition) is 1. The van der Waals surface area contributed by atoms with Gasteiger partial charge in [-0.3, -0.25) is 4.98 Å². The molecule has 4 heteroatoms. The number of imidazole rings is 1. The lowest BCUT2D eigenvalue weighted by Gasteiger charge is -2.05. The van der Waals surface area contributed by atoms with E-state index in [0.29, 0.717) is 6.54 Å². The molecular formula is C10H12N4. The molecule has 2 heterocycles. The molecular weight excluding hydrogens is 176 g/mol. The van der Waals surface area contributed by atoms with Crippen molar-refractivity contribution in [3.63, 3.8) is 0 Å². The van der Waals surface area contributed by atoms with Crippen molar-refractivity contribution in [1.29, 1.82) is 0 Å². The molecule has 0 fully saturated rings. The zero-order valence-corrected chi connectivity index (χ0v) is 8.01. The lowest BCUT2D eigenvalue weighted by atomic mass is 10.3. The van der Waals surface area contributed by atoms with Crippen LogP contribution in [0.1, 0.15) is 11.4 Å². The fourth-order valence-electron chi connectivity index (χ4n) is 1.31. The van der Waals surface area contributed by atoms with Crippen molar-refractivity contribution < 1.29 is 0 Å². The van der Waals surface area contributed by atoms with Gasteiger partial charge in [-0.05, 0) is 19.1 Å². The first-order valence-electron chi connectivity index (χ1n) is 4.45. The van der Waals surface area contributed by atoms with Gasteiger partial charge in [-0.25, -0.2) is 4.98 Å². The van der Waals surface area contributed by atoms with Crippen LogP contribution in [0.25, 0.3) is 5.69 Å². The Morgan fingerprint density at radius 2 is 2.21 bits per heavy atom.